The Balaban J connectivity index is 1.21. The van der Waals surface area contributed by atoms with Crippen LogP contribution in [0.25, 0.3) is 17.8 Å². The summed E-state index contributed by atoms with van der Waals surface area (Å²) in [7, 11) is 1.51. The first kappa shape index (κ1) is 29.4. The summed E-state index contributed by atoms with van der Waals surface area (Å²) < 4.78 is 47.8. The summed E-state index contributed by atoms with van der Waals surface area (Å²) in [5.41, 5.74) is 3.25. The molecule has 0 atom stereocenters. The molecule has 0 aliphatic carbocycles. The number of amides is 3. The molecular weight excluding hydrogens is 585 g/mol. The van der Waals surface area contributed by atoms with Crippen molar-refractivity contribution < 1.29 is 32.2 Å². The maximum Gasteiger partial charge on any atom is 0.573 e. The smallest absolute Gasteiger partial charge is 0.495 e. The summed E-state index contributed by atoms with van der Waals surface area (Å²) in [6, 6.07) is 17.0. The molecule has 0 spiro atoms. The van der Waals surface area contributed by atoms with Crippen molar-refractivity contribution in [3.8, 4) is 17.2 Å². The van der Waals surface area contributed by atoms with Crippen LogP contribution in [0.4, 0.5) is 29.3 Å². The first-order chi connectivity index (χ1) is 20.6. The number of carbonyl (C=O) groups is 2. The molecule has 1 fully saturated rings. The third-order valence-electron chi connectivity index (χ3n) is 5.97. The first-order valence-electron chi connectivity index (χ1n) is 12.6. The summed E-state index contributed by atoms with van der Waals surface area (Å²) in [4.78, 5) is 35.0. The summed E-state index contributed by atoms with van der Waals surface area (Å²) in [6.07, 6.45) is 0.102. The lowest BCUT2D eigenvalue weighted by molar-refractivity contribution is -0.274. The summed E-state index contributed by atoms with van der Waals surface area (Å²) in [6.45, 7) is 1.89. The molecule has 43 heavy (non-hydrogen) atoms. The number of anilines is 2. The Kier molecular flexibility index (Phi) is 8.48. The number of urea groups is 1. The van der Waals surface area contributed by atoms with Gasteiger partial charge in [-0.05, 0) is 72.7 Å². The molecule has 0 saturated carbocycles. The number of hydrogen-bond acceptors (Lipinski definition) is 7. The molecule has 3 aromatic carbocycles. The minimum Gasteiger partial charge on any atom is -0.495 e. The number of hydrogen-bond donors (Lipinski definition) is 1. The van der Waals surface area contributed by atoms with E-state index < -0.39 is 12.4 Å². The van der Waals surface area contributed by atoms with Crippen molar-refractivity contribution in [3.63, 3.8) is 0 Å². The van der Waals surface area contributed by atoms with Crippen molar-refractivity contribution in [2.45, 2.75) is 13.3 Å². The number of aromatic nitrogens is 3. The van der Waals surface area contributed by atoms with Gasteiger partial charge in [-0.2, -0.15) is 4.99 Å². The highest BCUT2D eigenvalue weighted by Crippen LogP contribution is 2.35. The highest BCUT2D eigenvalue weighted by atomic mass is 32.2. The molecule has 2 heterocycles. The second-order valence-corrected chi connectivity index (χ2v) is 10.0. The van der Waals surface area contributed by atoms with E-state index in [1.165, 1.54) is 59.0 Å². The monoisotopic (exact) mass is 608 g/mol. The predicted molar refractivity (Wildman–Crippen MR) is 158 cm³/mol. The van der Waals surface area contributed by atoms with Gasteiger partial charge in [0.1, 0.15) is 17.8 Å². The van der Waals surface area contributed by atoms with Crippen molar-refractivity contribution in [1.82, 2.24) is 14.8 Å². The van der Waals surface area contributed by atoms with Crippen LogP contribution in [0.15, 0.2) is 78.0 Å². The van der Waals surface area contributed by atoms with Gasteiger partial charge < -0.3 is 14.8 Å². The van der Waals surface area contributed by atoms with E-state index in [-0.39, 0.29) is 22.6 Å². The molecular formula is C29H23F3N6O4S. The van der Waals surface area contributed by atoms with E-state index >= 15 is 0 Å². The number of aryl methyl sites for hydroxylation is 1. The Hall–Kier alpha value is -5.11. The lowest BCUT2D eigenvalue weighted by atomic mass is 10.2. The topological polar surface area (TPSA) is 111 Å². The second kappa shape index (κ2) is 12.4. The van der Waals surface area contributed by atoms with Crippen LogP contribution in [0.1, 0.15) is 17.0 Å². The van der Waals surface area contributed by atoms with E-state index in [1.807, 2.05) is 13.0 Å². The van der Waals surface area contributed by atoms with E-state index in [9.17, 15) is 22.8 Å². The van der Waals surface area contributed by atoms with Crippen LogP contribution in [0.2, 0.25) is 0 Å². The van der Waals surface area contributed by atoms with Crippen molar-refractivity contribution >= 4 is 52.4 Å². The highest BCUT2D eigenvalue weighted by Gasteiger charge is 2.33. The average molecular weight is 609 g/mol. The molecule has 5 rings (SSSR count). The minimum atomic E-state index is -4.76. The Labute approximate surface area is 247 Å². The largest absolute Gasteiger partial charge is 0.573 e. The minimum absolute atomic E-state index is 0.153. The van der Waals surface area contributed by atoms with Crippen LogP contribution in [0.3, 0.4) is 0 Å². The maximum absolute atomic E-state index is 12.7. The number of nitrogens with one attached hydrogen (secondary N) is 1. The Morgan fingerprint density at radius 3 is 2.51 bits per heavy atom. The SMILES string of the molecule is COc1ccc(C)cc1N1C(=O)CSC1=NC(=O)Nc1ccc(/C=C/c2ncn(-c3ccc(OC(F)(F)F)cc3)n2)cc1. The summed E-state index contributed by atoms with van der Waals surface area (Å²) in [5, 5.41) is 7.26. The Morgan fingerprint density at radius 2 is 1.81 bits per heavy atom. The number of amidine groups is 1. The number of carbonyl (C=O) groups excluding carboxylic acids is 2. The molecule has 0 radical (unpaired) electrons. The summed E-state index contributed by atoms with van der Waals surface area (Å²) in [5.74, 6) is 0.488. The standard InChI is InChI=1S/C29H23F3N6O4S/c1-18-3-13-24(41-2)23(15-18)38-26(39)16-43-28(38)35-27(40)34-20-7-4-19(5-8-20)6-14-25-33-17-37(36-25)21-9-11-22(12-10-21)42-29(30,31)32/h3-15,17H,16H2,1-2H3,(H,34,40)/b14-6+,35-28?. The van der Waals surface area contributed by atoms with E-state index in [0.717, 1.165) is 11.1 Å². The fraction of sp³-hybridized carbons (Fsp3) is 0.138. The normalized spacial score (nSPS) is 14.5. The van der Waals surface area contributed by atoms with Crippen LogP contribution in [-0.2, 0) is 4.79 Å². The van der Waals surface area contributed by atoms with E-state index in [4.69, 9.17) is 4.74 Å². The molecule has 1 aromatic heterocycles. The molecule has 4 aromatic rings. The van der Waals surface area contributed by atoms with E-state index in [2.05, 4.69) is 25.1 Å². The van der Waals surface area contributed by atoms with Gasteiger partial charge in [-0.15, -0.1) is 18.3 Å². The molecule has 1 N–H and O–H groups in total. The van der Waals surface area contributed by atoms with Gasteiger partial charge >= 0.3 is 12.4 Å². The van der Waals surface area contributed by atoms with Crippen LogP contribution < -0.4 is 19.7 Å². The zero-order valence-electron chi connectivity index (χ0n) is 22.7. The quantitative estimate of drug-likeness (QED) is 0.261. The number of nitrogens with zero attached hydrogens (tertiary/aromatic N) is 5. The van der Waals surface area contributed by atoms with Crippen LogP contribution in [0.5, 0.6) is 11.5 Å². The van der Waals surface area contributed by atoms with Gasteiger partial charge in [0, 0.05) is 5.69 Å². The fourth-order valence-corrected chi connectivity index (χ4v) is 4.88. The fourth-order valence-electron chi connectivity index (χ4n) is 4.02. The van der Waals surface area contributed by atoms with Gasteiger partial charge in [-0.3, -0.25) is 9.69 Å². The first-order valence-corrected chi connectivity index (χ1v) is 13.6. The zero-order chi connectivity index (χ0) is 30.6. The number of benzene rings is 3. The number of rotatable bonds is 7. The predicted octanol–water partition coefficient (Wildman–Crippen LogP) is 6.32. The zero-order valence-corrected chi connectivity index (χ0v) is 23.5. The molecule has 220 valence electrons. The van der Waals surface area contributed by atoms with Gasteiger partial charge in [0.2, 0.25) is 5.91 Å². The number of thioether (sulfide) groups is 1. The molecule has 0 unspecified atom stereocenters. The number of methoxy groups -OCH3 is 1. The summed E-state index contributed by atoms with van der Waals surface area (Å²) >= 11 is 1.17. The maximum atomic E-state index is 12.7. The number of alkyl halides is 3. The number of halogens is 3. The van der Waals surface area contributed by atoms with E-state index in [1.54, 1.807) is 48.6 Å². The lowest BCUT2D eigenvalue weighted by Crippen LogP contribution is -2.30. The van der Waals surface area contributed by atoms with Crippen LogP contribution in [-0.4, -0.2) is 51.1 Å². The third kappa shape index (κ3) is 7.40. The Bertz CT molecular complexity index is 1700. The van der Waals surface area contributed by atoms with E-state index in [0.29, 0.717) is 28.6 Å². The number of ether oxygens (including phenoxy) is 2. The molecule has 0 bridgehead atoms. The second-order valence-electron chi connectivity index (χ2n) is 9.06. The van der Waals surface area contributed by atoms with Crippen molar-refractivity contribution in [2.75, 3.05) is 23.1 Å². The highest BCUT2D eigenvalue weighted by molar-refractivity contribution is 8.15. The molecule has 10 nitrogen and oxygen atoms in total. The average Bonchev–Trinajstić information content (AvgIpc) is 3.58. The van der Waals surface area contributed by atoms with Crippen LogP contribution >= 0.6 is 11.8 Å². The molecule has 3 amide bonds. The molecule has 1 aliphatic heterocycles. The number of aliphatic imine (C=N–C) groups is 1. The van der Waals surface area contributed by atoms with Gasteiger partial charge in [0.25, 0.3) is 0 Å². The molecule has 1 saturated heterocycles. The van der Waals surface area contributed by atoms with Gasteiger partial charge in [0.15, 0.2) is 11.0 Å². The van der Waals surface area contributed by atoms with Gasteiger partial charge in [-0.25, -0.2) is 14.5 Å². The molecule has 1 aliphatic rings. The van der Waals surface area contributed by atoms with Crippen molar-refractivity contribution in [1.29, 1.82) is 0 Å². The van der Waals surface area contributed by atoms with Crippen molar-refractivity contribution in [3.05, 3.63) is 90.0 Å². The Morgan fingerprint density at radius 1 is 1.07 bits per heavy atom. The van der Waals surface area contributed by atoms with Crippen molar-refractivity contribution in [2.24, 2.45) is 4.99 Å². The van der Waals surface area contributed by atoms with Gasteiger partial charge in [-0.1, -0.05) is 36.0 Å². The lowest BCUT2D eigenvalue weighted by Gasteiger charge is -2.19. The van der Waals surface area contributed by atoms with Crippen LogP contribution in [0, 0.1) is 6.92 Å². The molecule has 14 heteroatoms. The van der Waals surface area contributed by atoms with Gasteiger partial charge in [0.05, 0.1) is 24.2 Å². The third-order valence-corrected chi connectivity index (χ3v) is 6.89.